The summed E-state index contributed by atoms with van der Waals surface area (Å²) < 4.78 is 8.44. The number of hydrogen-bond acceptors (Lipinski definition) is 3. The zero-order chi connectivity index (χ0) is 28.1. The molecule has 0 aliphatic rings. The molecule has 0 spiro atoms. The molecule has 0 saturated heterocycles. The molecule has 0 radical (unpaired) electrons. The van der Waals surface area contributed by atoms with Crippen molar-refractivity contribution in [2.75, 3.05) is 0 Å². The first-order valence-electron chi connectivity index (χ1n) is 13.8. The Bertz CT molecular complexity index is 1830. The maximum Gasteiger partial charge on any atom is 0.219 e. The van der Waals surface area contributed by atoms with Crippen LogP contribution in [0.2, 0.25) is 0 Å². The number of benzene rings is 3. The Hall–Kier alpha value is -4.44. The topological polar surface area (TPSA) is 39.9 Å². The number of aromatic nitrogens is 3. The maximum absolute atomic E-state index is 6.16. The summed E-state index contributed by atoms with van der Waals surface area (Å²) in [5, 5.41) is 2.42. The number of hydrogen-bond donors (Lipinski definition) is 0. The van der Waals surface area contributed by atoms with Gasteiger partial charge >= 0.3 is 0 Å². The summed E-state index contributed by atoms with van der Waals surface area (Å²) in [6, 6.07) is 31.8. The number of ether oxygens (including phenoxy) is 1. The molecule has 0 atom stereocenters. The number of fused-ring (bicyclic) bond motifs is 3. The van der Waals surface area contributed by atoms with Crippen LogP contribution in [0.1, 0.15) is 52.7 Å². The van der Waals surface area contributed by atoms with Crippen LogP contribution in [0.15, 0.2) is 103 Å². The van der Waals surface area contributed by atoms with E-state index in [1.165, 1.54) is 21.9 Å². The van der Waals surface area contributed by atoms with Gasteiger partial charge in [0.2, 0.25) is 5.88 Å². The third-order valence-electron chi connectivity index (χ3n) is 7.51. The second-order valence-electron chi connectivity index (χ2n) is 12.5. The van der Waals surface area contributed by atoms with Crippen LogP contribution in [0, 0.1) is 0 Å². The van der Waals surface area contributed by atoms with E-state index in [1.807, 2.05) is 30.6 Å². The van der Waals surface area contributed by atoms with Gasteiger partial charge in [0.15, 0.2) is 0 Å². The summed E-state index contributed by atoms with van der Waals surface area (Å²) in [5.41, 5.74) is 7.00. The first kappa shape index (κ1) is 25.8. The summed E-state index contributed by atoms with van der Waals surface area (Å²) in [5.74, 6) is 2.27. The van der Waals surface area contributed by atoms with Gasteiger partial charge in [0, 0.05) is 29.2 Å². The van der Waals surface area contributed by atoms with Gasteiger partial charge in [-0.2, -0.15) is 0 Å². The van der Waals surface area contributed by atoms with Crippen LogP contribution in [0.25, 0.3) is 38.8 Å². The molecular weight excluding hydrogens is 490 g/mol. The van der Waals surface area contributed by atoms with Gasteiger partial charge in [-0.1, -0.05) is 90.1 Å². The number of para-hydroxylation sites is 1. The Kier molecular flexibility index (Phi) is 6.22. The van der Waals surface area contributed by atoms with Crippen LogP contribution >= 0.6 is 0 Å². The van der Waals surface area contributed by atoms with Crippen molar-refractivity contribution in [1.82, 2.24) is 14.5 Å². The Morgan fingerprint density at radius 3 is 2.10 bits per heavy atom. The van der Waals surface area contributed by atoms with Crippen LogP contribution in [-0.2, 0) is 10.8 Å². The minimum atomic E-state index is 0.0317. The summed E-state index contributed by atoms with van der Waals surface area (Å²) in [7, 11) is 0. The van der Waals surface area contributed by atoms with Gasteiger partial charge in [-0.3, -0.25) is 4.57 Å². The van der Waals surface area contributed by atoms with Crippen LogP contribution < -0.4 is 4.74 Å². The summed E-state index contributed by atoms with van der Waals surface area (Å²) in [6.07, 6.45) is 3.82. The summed E-state index contributed by atoms with van der Waals surface area (Å²) in [4.78, 5) is 9.36. The minimum Gasteiger partial charge on any atom is -0.439 e. The van der Waals surface area contributed by atoms with Crippen molar-refractivity contribution in [3.05, 3.63) is 115 Å². The highest BCUT2D eigenvalue weighted by Crippen LogP contribution is 2.36. The molecule has 4 heteroatoms. The zero-order valence-electron chi connectivity index (χ0n) is 24.1. The maximum atomic E-state index is 6.16. The third-order valence-corrected chi connectivity index (χ3v) is 7.51. The van der Waals surface area contributed by atoms with E-state index in [0.717, 1.165) is 33.7 Å². The molecule has 0 aliphatic carbocycles. The highest BCUT2D eigenvalue weighted by molar-refractivity contribution is 6.10. The summed E-state index contributed by atoms with van der Waals surface area (Å²) >= 11 is 0. The lowest BCUT2D eigenvalue weighted by Gasteiger charge is -2.20. The molecule has 0 aliphatic heterocycles. The number of pyridine rings is 2. The van der Waals surface area contributed by atoms with Gasteiger partial charge in [-0.05, 0) is 69.5 Å². The first-order chi connectivity index (χ1) is 19.1. The van der Waals surface area contributed by atoms with Crippen molar-refractivity contribution in [2.45, 2.75) is 52.4 Å². The lowest BCUT2D eigenvalue weighted by molar-refractivity contribution is 0.461. The lowest BCUT2D eigenvalue weighted by Crippen LogP contribution is -2.12. The van der Waals surface area contributed by atoms with Crippen molar-refractivity contribution >= 4 is 21.8 Å². The smallest absolute Gasteiger partial charge is 0.219 e. The highest BCUT2D eigenvalue weighted by atomic mass is 16.5. The van der Waals surface area contributed by atoms with Crippen molar-refractivity contribution in [1.29, 1.82) is 0 Å². The molecule has 3 aromatic carbocycles. The van der Waals surface area contributed by atoms with Gasteiger partial charge < -0.3 is 4.74 Å². The Labute approximate surface area is 236 Å². The van der Waals surface area contributed by atoms with Gasteiger partial charge in [0.25, 0.3) is 0 Å². The molecular formula is C36H35N3O. The van der Waals surface area contributed by atoms with E-state index < -0.39 is 0 Å². The lowest BCUT2D eigenvalue weighted by atomic mass is 9.88. The van der Waals surface area contributed by atoms with E-state index in [0.29, 0.717) is 5.88 Å². The van der Waals surface area contributed by atoms with E-state index >= 15 is 0 Å². The standard InChI is InChI=1S/C36H35N3O/c1-35(2,3)26-18-19-37-33(22-26)39-31-13-8-7-12-29(31)30-16-14-25(21-32(30)39)24-10-9-11-28(20-24)40-34-17-15-27(23-38-34)36(4,5)6/h7-23H,1-6H3. The average molecular weight is 526 g/mol. The third kappa shape index (κ3) is 4.86. The van der Waals surface area contributed by atoms with Crippen molar-refractivity contribution in [3.63, 3.8) is 0 Å². The van der Waals surface area contributed by atoms with Gasteiger partial charge in [-0.15, -0.1) is 0 Å². The van der Waals surface area contributed by atoms with Crippen LogP contribution in [0.4, 0.5) is 0 Å². The fourth-order valence-electron chi connectivity index (χ4n) is 5.15. The number of nitrogens with zero attached hydrogens (tertiary/aromatic N) is 3. The first-order valence-corrected chi connectivity index (χ1v) is 13.8. The van der Waals surface area contributed by atoms with Crippen LogP contribution in [0.5, 0.6) is 11.6 Å². The minimum absolute atomic E-state index is 0.0317. The monoisotopic (exact) mass is 525 g/mol. The van der Waals surface area contributed by atoms with E-state index in [9.17, 15) is 0 Å². The molecule has 0 fully saturated rings. The van der Waals surface area contributed by atoms with Gasteiger partial charge in [-0.25, -0.2) is 9.97 Å². The normalized spacial score (nSPS) is 12.2. The average Bonchev–Trinajstić information content (AvgIpc) is 3.26. The van der Waals surface area contributed by atoms with Crippen molar-refractivity contribution in [3.8, 4) is 28.6 Å². The molecule has 0 saturated carbocycles. The molecule has 0 bridgehead atoms. The van der Waals surface area contributed by atoms with E-state index in [1.54, 1.807) is 0 Å². The molecule has 40 heavy (non-hydrogen) atoms. The van der Waals surface area contributed by atoms with E-state index in [-0.39, 0.29) is 10.8 Å². The molecule has 3 heterocycles. The Morgan fingerprint density at radius 2 is 1.35 bits per heavy atom. The van der Waals surface area contributed by atoms with E-state index in [2.05, 4.69) is 124 Å². The molecule has 200 valence electrons. The second-order valence-corrected chi connectivity index (χ2v) is 12.5. The van der Waals surface area contributed by atoms with Crippen molar-refractivity contribution in [2.24, 2.45) is 0 Å². The quantitative estimate of drug-likeness (QED) is 0.230. The van der Waals surface area contributed by atoms with Crippen LogP contribution in [0.3, 0.4) is 0 Å². The predicted molar refractivity (Wildman–Crippen MR) is 166 cm³/mol. The zero-order valence-corrected chi connectivity index (χ0v) is 24.1. The highest BCUT2D eigenvalue weighted by Gasteiger charge is 2.18. The van der Waals surface area contributed by atoms with Gasteiger partial charge in [0.1, 0.15) is 11.6 Å². The summed E-state index contributed by atoms with van der Waals surface area (Å²) in [6.45, 7) is 13.3. The largest absolute Gasteiger partial charge is 0.439 e. The van der Waals surface area contributed by atoms with Crippen LogP contribution in [-0.4, -0.2) is 14.5 Å². The molecule has 4 nitrogen and oxygen atoms in total. The molecule has 0 N–H and O–H groups in total. The van der Waals surface area contributed by atoms with Crippen molar-refractivity contribution < 1.29 is 4.74 Å². The fraction of sp³-hybridized carbons (Fsp3) is 0.222. The number of rotatable bonds is 4. The van der Waals surface area contributed by atoms with E-state index in [4.69, 9.17) is 9.72 Å². The Balaban J connectivity index is 1.42. The predicted octanol–water partition coefficient (Wildman–Crippen LogP) is 9.63. The molecule has 6 rings (SSSR count). The fourth-order valence-corrected chi connectivity index (χ4v) is 5.15. The SMILES string of the molecule is CC(C)(C)c1ccc(Oc2cccc(-c3ccc4c5ccccc5n(-c5cc(C(C)(C)C)ccn5)c4c3)c2)nc1. The molecule has 3 aromatic heterocycles. The molecule has 0 unspecified atom stereocenters. The Morgan fingerprint density at radius 1 is 0.600 bits per heavy atom. The molecule has 0 amide bonds. The van der Waals surface area contributed by atoms with Gasteiger partial charge in [0.05, 0.1) is 11.0 Å². The molecule has 6 aromatic rings. The second kappa shape index (κ2) is 9.63.